The highest BCUT2D eigenvalue weighted by Crippen LogP contribution is 2.38. The first-order chi connectivity index (χ1) is 14.8. The van der Waals surface area contributed by atoms with Crippen molar-refractivity contribution >= 4 is 74.0 Å². The van der Waals surface area contributed by atoms with Crippen molar-refractivity contribution in [3.05, 3.63) is 60.2 Å². The lowest BCUT2D eigenvalue weighted by Gasteiger charge is -2.13. The summed E-state index contributed by atoms with van der Waals surface area (Å²) in [6.45, 7) is 4.10. The van der Waals surface area contributed by atoms with Crippen LogP contribution in [0, 0.1) is 3.57 Å². The average Bonchev–Trinajstić information content (AvgIpc) is 3.07. The molecule has 0 N–H and O–H groups in total. The minimum absolute atomic E-state index is 0.120. The zero-order chi connectivity index (χ0) is 22.5. The molecule has 2 aromatic rings. The lowest BCUT2D eigenvalue weighted by molar-refractivity contribution is -0.134. The predicted octanol–water partition coefficient (Wildman–Crippen LogP) is 6.16. The third-order valence-corrected chi connectivity index (χ3v) is 5.67. The van der Waals surface area contributed by atoms with Crippen LogP contribution in [0.1, 0.15) is 37.8 Å². The van der Waals surface area contributed by atoms with Gasteiger partial charge in [-0.2, -0.15) is 0 Å². The van der Waals surface area contributed by atoms with Crippen LogP contribution in [0.4, 0.5) is 0 Å². The van der Waals surface area contributed by atoms with Crippen molar-refractivity contribution < 1.29 is 23.8 Å². The van der Waals surface area contributed by atoms with Crippen molar-refractivity contribution in [2.45, 2.75) is 26.7 Å². The summed E-state index contributed by atoms with van der Waals surface area (Å²) in [6, 6.07) is 8.75. The second-order valence-corrected chi connectivity index (χ2v) is 8.95. The van der Waals surface area contributed by atoms with E-state index in [2.05, 4.69) is 43.5 Å². The number of carbonyl (C=O) groups excluding carboxylic acids is 2. The monoisotopic (exact) mass is 617 g/mol. The van der Waals surface area contributed by atoms with Gasteiger partial charge >= 0.3 is 11.9 Å². The van der Waals surface area contributed by atoms with Crippen molar-refractivity contribution in [1.29, 1.82) is 0 Å². The van der Waals surface area contributed by atoms with Crippen molar-refractivity contribution in [3.63, 3.8) is 0 Å². The quantitative estimate of drug-likeness (QED) is 0.161. The van der Waals surface area contributed by atoms with Gasteiger partial charge in [0.05, 0.1) is 21.7 Å². The number of cyclic esters (lactones) is 1. The molecule has 2 aromatic carbocycles. The summed E-state index contributed by atoms with van der Waals surface area (Å²) >= 11 is 11.8. The number of hydrogen-bond acceptors (Lipinski definition) is 6. The number of carbonyl (C=O) groups is 2. The predicted molar refractivity (Wildman–Crippen MR) is 131 cm³/mol. The molecule has 3 rings (SSSR count). The largest absolute Gasteiger partial charge is 0.490 e. The number of aliphatic imine (C=N–C) groups is 1. The Morgan fingerprint density at radius 2 is 2.06 bits per heavy atom. The summed E-state index contributed by atoms with van der Waals surface area (Å²) in [7, 11) is 0. The van der Waals surface area contributed by atoms with Crippen LogP contribution in [-0.4, -0.2) is 24.4 Å². The molecule has 162 valence electrons. The fourth-order valence-electron chi connectivity index (χ4n) is 2.75. The SMILES string of the molecule is CCCC(=O)Oc1c(Br)cc(/C=C2\N=C(c3cc(I)ccc3Cl)OC2=O)cc1OCC. The van der Waals surface area contributed by atoms with Gasteiger partial charge in [0.2, 0.25) is 5.90 Å². The molecule has 6 nitrogen and oxygen atoms in total. The maximum atomic E-state index is 12.4. The zero-order valence-electron chi connectivity index (χ0n) is 16.7. The van der Waals surface area contributed by atoms with Crippen LogP contribution in [0.15, 0.2) is 45.5 Å². The first-order valence-corrected chi connectivity index (χ1v) is 11.7. The Balaban J connectivity index is 1.97. The summed E-state index contributed by atoms with van der Waals surface area (Å²) in [5, 5.41) is 0.438. The first kappa shape index (κ1) is 23.7. The number of benzene rings is 2. The first-order valence-electron chi connectivity index (χ1n) is 9.47. The molecule has 0 radical (unpaired) electrons. The molecule has 0 saturated heterocycles. The van der Waals surface area contributed by atoms with Gasteiger partial charge < -0.3 is 14.2 Å². The van der Waals surface area contributed by atoms with Gasteiger partial charge in [-0.15, -0.1) is 0 Å². The molecule has 31 heavy (non-hydrogen) atoms. The van der Waals surface area contributed by atoms with Crippen LogP contribution in [0.5, 0.6) is 11.5 Å². The lowest BCUT2D eigenvalue weighted by atomic mass is 10.1. The summed E-state index contributed by atoms with van der Waals surface area (Å²) in [6.07, 6.45) is 2.55. The van der Waals surface area contributed by atoms with E-state index < -0.39 is 5.97 Å². The number of ether oxygens (including phenoxy) is 3. The van der Waals surface area contributed by atoms with Crippen LogP contribution >= 0.6 is 50.1 Å². The number of halogens is 3. The van der Waals surface area contributed by atoms with E-state index in [1.165, 1.54) is 0 Å². The van der Waals surface area contributed by atoms with Gasteiger partial charge in [0.15, 0.2) is 17.2 Å². The van der Waals surface area contributed by atoms with E-state index >= 15 is 0 Å². The van der Waals surface area contributed by atoms with Gasteiger partial charge in [-0.25, -0.2) is 9.79 Å². The topological polar surface area (TPSA) is 74.2 Å². The van der Waals surface area contributed by atoms with Gasteiger partial charge in [0.1, 0.15) is 0 Å². The van der Waals surface area contributed by atoms with Crippen LogP contribution in [-0.2, 0) is 14.3 Å². The molecule has 0 spiro atoms. The van der Waals surface area contributed by atoms with E-state index in [1.807, 2.05) is 19.9 Å². The number of rotatable bonds is 7. The van der Waals surface area contributed by atoms with E-state index in [0.717, 1.165) is 3.57 Å². The van der Waals surface area contributed by atoms with Gasteiger partial charge in [0, 0.05) is 9.99 Å². The van der Waals surface area contributed by atoms with E-state index in [-0.39, 0.29) is 17.6 Å². The Labute approximate surface area is 206 Å². The highest BCUT2D eigenvalue weighted by Gasteiger charge is 2.26. The summed E-state index contributed by atoms with van der Waals surface area (Å²) in [4.78, 5) is 28.6. The standard InChI is InChI=1S/C22H18BrClINO5/c1-3-5-19(27)30-20-15(23)8-12(10-18(20)29-4-2)9-17-22(28)31-21(26-17)14-11-13(25)6-7-16(14)24/h6-11H,3-5H2,1-2H3/b17-9-. The van der Waals surface area contributed by atoms with E-state index in [4.69, 9.17) is 25.8 Å². The third-order valence-electron chi connectivity index (χ3n) is 4.08. The molecule has 0 saturated carbocycles. The number of nitrogens with zero attached hydrogens (tertiary/aromatic N) is 1. The average molecular weight is 619 g/mol. The Morgan fingerprint density at radius 1 is 1.29 bits per heavy atom. The normalized spacial score (nSPS) is 14.4. The summed E-state index contributed by atoms with van der Waals surface area (Å²) in [5.74, 6) is -0.111. The second kappa shape index (κ2) is 10.6. The van der Waals surface area contributed by atoms with Crippen LogP contribution < -0.4 is 9.47 Å². The Bertz CT molecular complexity index is 1100. The molecule has 0 atom stereocenters. The fourth-order valence-corrected chi connectivity index (χ4v) is 3.98. The molecular formula is C22H18BrClINO5. The molecule has 0 aliphatic carbocycles. The molecule has 0 fully saturated rings. The summed E-state index contributed by atoms with van der Waals surface area (Å²) in [5.41, 5.74) is 1.28. The minimum Gasteiger partial charge on any atom is -0.490 e. The Hall–Kier alpha value is -1.91. The smallest absolute Gasteiger partial charge is 0.363 e. The maximum absolute atomic E-state index is 12.4. The molecule has 0 bridgehead atoms. The van der Waals surface area contributed by atoms with Crippen molar-refractivity contribution in [2.24, 2.45) is 4.99 Å². The molecule has 0 aromatic heterocycles. The maximum Gasteiger partial charge on any atom is 0.363 e. The summed E-state index contributed by atoms with van der Waals surface area (Å²) < 4.78 is 17.9. The highest BCUT2D eigenvalue weighted by molar-refractivity contribution is 14.1. The van der Waals surface area contributed by atoms with Gasteiger partial charge in [0.25, 0.3) is 0 Å². The third kappa shape index (κ3) is 5.87. The van der Waals surface area contributed by atoms with Crippen LogP contribution in [0.2, 0.25) is 5.02 Å². The van der Waals surface area contributed by atoms with Crippen molar-refractivity contribution in [3.8, 4) is 11.5 Å². The second-order valence-electron chi connectivity index (χ2n) is 6.45. The van der Waals surface area contributed by atoms with Gasteiger partial charge in [-0.05, 0) is 93.8 Å². The Kier molecular flexibility index (Phi) is 8.12. The van der Waals surface area contributed by atoms with Crippen molar-refractivity contribution in [2.75, 3.05) is 6.61 Å². The molecule has 1 heterocycles. The molecular weight excluding hydrogens is 601 g/mol. The molecule has 0 unspecified atom stereocenters. The molecule has 9 heteroatoms. The number of esters is 2. The van der Waals surface area contributed by atoms with Crippen LogP contribution in [0.25, 0.3) is 6.08 Å². The molecule has 1 aliphatic rings. The van der Waals surface area contributed by atoms with Crippen LogP contribution in [0.3, 0.4) is 0 Å². The van der Waals surface area contributed by atoms with Crippen molar-refractivity contribution in [1.82, 2.24) is 0 Å². The zero-order valence-corrected chi connectivity index (χ0v) is 21.2. The van der Waals surface area contributed by atoms with Gasteiger partial charge in [-0.3, -0.25) is 4.79 Å². The fraction of sp³-hybridized carbons (Fsp3) is 0.227. The van der Waals surface area contributed by atoms with E-state index in [1.54, 1.807) is 30.3 Å². The van der Waals surface area contributed by atoms with E-state index in [9.17, 15) is 9.59 Å². The van der Waals surface area contributed by atoms with E-state index in [0.29, 0.717) is 51.6 Å². The molecule has 0 amide bonds. The highest BCUT2D eigenvalue weighted by atomic mass is 127. The number of hydrogen-bond donors (Lipinski definition) is 0. The molecule has 1 aliphatic heterocycles. The Morgan fingerprint density at radius 3 is 2.77 bits per heavy atom. The van der Waals surface area contributed by atoms with Gasteiger partial charge in [-0.1, -0.05) is 18.5 Å². The lowest BCUT2D eigenvalue weighted by Crippen LogP contribution is -2.09. The minimum atomic E-state index is -0.586.